The lowest BCUT2D eigenvalue weighted by Gasteiger charge is -2.02. The van der Waals surface area contributed by atoms with E-state index in [2.05, 4.69) is 32.8 Å². The van der Waals surface area contributed by atoms with Crippen molar-refractivity contribution in [2.24, 2.45) is 0 Å². The lowest BCUT2D eigenvalue weighted by atomic mass is 10.3. The second kappa shape index (κ2) is 4.47. The van der Waals surface area contributed by atoms with E-state index in [4.69, 9.17) is 0 Å². The summed E-state index contributed by atoms with van der Waals surface area (Å²) < 4.78 is 0. The molecule has 0 amide bonds. The predicted octanol–water partition coefficient (Wildman–Crippen LogP) is 2.57. The SMILES string of the molecule is c1ccc(Sc2cccc3nnnnc23)cc1. The normalized spacial score (nSPS) is 10.6. The van der Waals surface area contributed by atoms with E-state index in [0.717, 1.165) is 15.9 Å². The molecule has 17 heavy (non-hydrogen) atoms. The minimum Gasteiger partial charge on any atom is -0.127 e. The molecule has 0 saturated heterocycles. The van der Waals surface area contributed by atoms with E-state index in [1.54, 1.807) is 11.8 Å². The highest BCUT2D eigenvalue weighted by molar-refractivity contribution is 7.99. The topological polar surface area (TPSA) is 51.6 Å². The monoisotopic (exact) mass is 240 g/mol. The van der Waals surface area contributed by atoms with Crippen molar-refractivity contribution in [3.05, 3.63) is 48.5 Å². The molecule has 1 heterocycles. The summed E-state index contributed by atoms with van der Waals surface area (Å²) in [5.41, 5.74) is 1.55. The number of nitrogens with zero attached hydrogens (tertiary/aromatic N) is 4. The van der Waals surface area contributed by atoms with Crippen molar-refractivity contribution < 1.29 is 0 Å². The molecule has 0 N–H and O–H groups in total. The number of hydrogen-bond donors (Lipinski definition) is 0. The van der Waals surface area contributed by atoms with Crippen LogP contribution >= 0.6 is 11.8 Å². The van der Waals surface area contributed by atoms with Gasteiger partial charge in [-0.05, 0) is 34.7 Å². The van der Waals surface area contributed by atoms with Crippen molar-refractivity contribution in [1.82, 2.24) is 20.6 Å². The average Bonchev–Trinajstić information content (AvgIpc) is 2.40. The minimum absolute atomic E-state index is 0.765. The van der Waals surface area contributed by atoms with Crippen LogP contribution in [0, 0.1) is 0 Å². The molecule has 0 aliphatic heterocycles. The van der Waals surface area contributed by atoms with Crippen molar-refractivity contribution in [2.75, 3.05) is 0 Å². The van der Waals surface area contributed by atoms with E-state index in [9.17, 15) is 0 Å². The van der Waals surface area contributed by atoms with Crippen LogP contribution in [0.15, 0.2) is 58.3 Å². The van der Waals surface area contributed by atoms with Gasteiger partial charge in [0.05, 0.1) is 0 Å². The first-order valence-corrected chi connectivity index (χ1v) is 5.93. The van der Waals surface area contributed by atoms with Gasteiger partial charge in [0.2, 0.25) is 0 Å². The molecule has 1 aromatic heterocycles. The fourth-order valence-corrected chi connectivity index (χ4v) is 2.46. The van der Waals surface area contributed by atoms with Gasteiger partial charge in [-0.15, -0.1) is 10.2 Å². The summed E-state index contributed by atoms with van der Waals surface area (Å²) in [6.07, 6.45) is 0. The third-order valence-corrected chi connectivity index (χ3v) is 3.34. The first-order valence-electron chi connectivity index (χ1n) is 5.11. The van der Waals surface area contributed by atoms with E-state index >= 15 is 0 Å². The summed E-state index contributed by atoms with van der Waals surface area (Å²) in [7, 11) is 0. The molecular weight excluding hydrogens is 232 g/mol. The van der Waals surface area contributed by atoms with Crippen LogP contribution in [-0.2, 0) is 0 Å². The van der Waals surface area contributed by atoms with E-state index in [-0.39, 0.29) is 0 Å². The molecule has 0 radical (unpaired) electrons. The lowest BCUT2D eigenvalue weighted by molar-refractivity contribution is 0.793. The lowest BCUT2D eigenvalue weighted by Crippen LogP contribution is -1.93. The number of benzene rings is 2. The maximum absolute atomic E-state index is 4.03. The van der Waals surface area contributed by atoms with Crippen molar-refractivity contribution in [3.8, 4) is 0 Å². The zero-order chi connectivity index (χ0) is 11.5. The Balaban J connectivity index is 2.06. The summed E-state index contributed by atoms with van der Waals surface area (Å²) in [4.78, 5) is 2.20. The zero-order valence-electron chi connectivity index (χ0n) is 8.82. The van der Waals surface area contributed by atoms with Crippen LogP contribution in [0.3, 0.4) is 0 Å². The molecule has 0 aliphatic rings. The van der Waals surface area contributed by atoms with E-state index in [1.165, 1.54) is 4.90 Å². The molecular formula is C12H8N4S. The number of hydrogen-bond acceptors (Lipinski definition) is 5. The van der Waals surface area contributed by atoms with Crippen LogP contribution in [0.5, 0.6) is 0 Å². The predicted molar refractivity (Wildman–Crippen MR) is 65.7 cm³/mol. The van der Waals surface area contributed by atoms with Crippen molar-refractivity contribution in [1.29, 1.82) is 0 Å². The van der Waals surface area contributed by atoms with Gasteiger partial charge in [0.1, 0.15) is 11.0 Å². The molecule has 2 aromatic carbocycles. The van der Waals surface area contributed by atoms with Crippen molar-refractivity contribution >= 4 is 22.8 Å². The van der Waals surface area contributed by atoms with Gasteiger partial charge < -0.3 is 0 Å². The summed E-state index contributed by atoms with van der Waals surface area (Å²) in [6.45, 7) is 0. The fourth-order valence-electron chi connectivity index (χ4n) is 1.52. The molecule has 3 aromatic rings. The van der Waals surface area contributed by atoms with Crippen molar-refractivity contribution in [3.63, 3.8) is 0 Å². The Kier molecular flexibility index (Phi) is 2.67. The van der Waals surface area contributed by atoms with Gasteiger partial charge in [0, 0.05) is 9.79 Å². The van der Waals surface area contributed by atoms with Crippen LogP contribution in [0.1, 0.15) is 0 Å². The van der Waals surface area contributed by atoms with Gasteiger partial charge in [-0.3, -0.25) is 0 Å². The van der Waals surface area contributed by atoms with Gasteiger partial charge in [-0.1, -0.05) is 36.0 Å². The second-order valence-corrected chi connectivity index (χ2v) is 4.53. The molecule has 0 bridgehead atoms. The highest BCUT2D eigenvalue weighted by atomic mass is 32.2. The maximum Gasteiger partial charge on any atom is 0.129 e. The third-order valence-electron chi connectivity index (χ3n) is 2.29. The Labute approximate surface area is 102 Å². The van der Waals surface area contributed by atoms with Gasteiger partial charge in [0.25, 0.3) is 0 Å². The summed E-state index contributed by atoms with van der Waals surface area (Å²) in [5.74, 6) is 0. The van der Waals surface area contributed by atoms with E-state index in [1.807, 2.05) is 36.4 Å². The van der Waals surface area contributed by atoms with Gasteiger partial charge in [0.15, 0.2) is 0 Å². The standard InChI is InChI=1S/C12H8N4S/c1-2-5-9(6-3-1)17-11-8-4-7-10-12(11)14-16-15-13-10/h1-8H. The van der Waals surface area contributed by atoms with Crippen LogP contribution < -0.4 is 0 Å². The Morgan fingerprint density at radius 3 is 2.47 bits per heavy atom. The smallest absolute Gasteiger partial charge is 0.127 e. The zero-order valence-corrected chi connectivity index (χ0v) is 9.63. The van der Waals surface area contributed by atoms with E-state index in [0.29, 0.717) is 0 Å². The van der Waals surface area contributed by atoms with Crippen LogP contribution in [-0.4, -0.2) is 20.6 Å². The summed E-state index contributed by atoms with van der Waals surface area (Å²) in [5, 5.41) is 15.1. The van der Waals surface area contributed by atoms with Crippen LogP contribution in [0.4, 0.5) is 0 Å². The van der Waals surface area contributed by atoms with Crippen LogP contribution in [0.25, 0.3) is 11.0 Å². The molecule has 0 fully saturated rings. The number of rotatable bonds is 2. The third kappa shape index (κ3) is 2.09. The second-order valence-electron chi connectivity index (χ2n) is 3.42. The molecule has 0 unspecified atom stereocenters. The van der Waals surface area contributed by atoms with Crippen LogP contribution in [0.2, 0.25) is 0 Å². The number of aromatic nitrogens is 4. The van der Waals surface area contributed by atoms with Gasteiger partial charge in [-0.2, -0.15) is 0 Å². The maximum atomic E-state index is 4.03. The highest BCUT2D eigenvalue weighted by Crippen LogP contribution is 2.30. The summed E-state index contributed by atoms with van der Waals surface area (Å²) >= 11 is 1.65. The van der Waals surface area contributed by atoms with E-state index < -0.39 is 0 Å². The highest BCUT2D eigenvalue weighted by Gasteiger charge is 2.05. The Hall–Kier alpha value is -2.01. The molecule has 0 aliphatic carbocycles. The molecule has 0 spiro atoms. The van der Waals surface area contributed by atoms with Crippen molar-refractivity contribution in [2.45, 2.75) is 9.79 Å². The van der Waals surface area contributed by atoms with Gasteiger partial charge in [-0.25, -0.2) is 0 Å². The first kappa shape index (κ1) is 10.2. The largest absolute Gasteiger partial charge is 0.129 e. The molecule has 0 saturated carbocycles. The average molecular weight is 240 g/mol. The molecule has 0 atom stereocenters. The Morgan fingerprint density at radius 1 is 0.765 bits per heavy atom. The first-order chi connectivity index (χ1) is 8.43. The quantitative estimate of drug-likeness (QED) is 0.689. The Morgan fingerprint density at radius 2 is 1.59 bits per heavy atom. The molecule has 82 valence electrons. The molecule has 4 nitrogen and oxygen atoms in total. The summed E-state index contributed by atoms with van der Waals surface area (Å²) in [6, 6.07) is 16.0. The minimum atomic E-state index is 0.765. The fraction of sp³-hybridized carbons (Fsp3) is 0. The number of fused-ring (bicyclic) bond motifs is 1. The molecule has 5 heteroatoms. The molecule has 3 rings (SSSR count). The van der Waals surface area contributed by atoms with Gasteiger partial charge >= 0.3 is 0 Å². The Bertz CT molecular complexity index is 637.